The highest BCUT2D eigenvalue weighted by Crippen LogP contribution is 2.18. The van der Waals surface area contributed by atoms with Crippen molar-refractivity contribution in [2.45, 2.75) is 6.92 Å². The Hall–Kier alpha value is -2.57. The lowest BCUT2D eigenvalue weighted by Gasteiger charge is -2.07. The lowest BCUT2D eigenvalue weighted by molar-refractivity contribution is 0.715. The Morgan fingerprint density at radius 2 is 1.83 bits per heavy atom. The number of benzene rings is 1. The Kier molecular flexibility index (Phi) is 2.36. The number of hydrogen-bond donors (Lipinski definition) is 1. The molecule has 2 aromatic heterocycles. The van der Waals surface area contributed by atoms with E-state index >= 15 is 0 Å². The van der Waals surface area contributed by atoms with E-state index in [1.165, 1.54) is 4.68 Å². The molecule has 0 aliphatic carbocycles. The van der Waals surface area contributed by atoms with E-state index in [0.717, 1.165) is 16.7 Å². The minimum absolute atomic E-state index is 0.530. The Morgan fingerprint density at radius 3 is 2.50 bits per heavy atom. The minimum atomic E-state index is 0.530. The highest BCUT2D eigenvalue weighted by molar-refractivity contribution is 5.76. The van der Waals surface area contributed by atoms with Crippen LogP contribution in [0.5, 0.6) is 0 Å². The van der Waals surface area contributed by atoms with Crippen LogP contribution in [0.4, 0.5) is 11.8 Å². The number of rotatable bonds is 2. The highest BCUT2D eigenvalue weighted by Gasteiger charge is 2.08. The molecule has 0 unspecified atom stereocenters. The number of aryl methyl sites for hydroxylation is 2. The number of para-hydroxylation sites is 2. The zero-order valence-corrected chi connectivity index (χ0v) is 9.99. The number of hydrogen-bond acceptors (Lipinski definition) is 6. The third-order valence-corrected chi connectivity index (χ3v) is 2.60. The standard InChI is InChI=1S/C11H11N7/c1-7-10(14-11-15-16-17-18(11)2)13-9-6-4-3-5-8(9)12-7/h3-6H,1-2H3,(H,13,14,15,17). The van der Waals surface area contributed by atoms with Crippen molar-refractivity contribution in [2.75, 3.05) is 5.32 Å². The van der Waals surface area contributed by atoms with E-state index in [1.54, 1.807) is 7.05 Å². The van der Waals surface area contributed by atoms with Crippen LogP contribution >= 0.6 is 0 Å². The predicted molar refractivity (Wildman–Crippen MR) is 66.4 cm³/mol. The first-order chi connectivity index (χ1) is 8.74. The first-order valence-electron chi connectivity index (χ1n) is 5.47. The number of tetrazole rings is 1. The van der Waals surface area contributed by atoms with Gasteiger partial charge in [0.2, 0.25) is 5.95 Å². The van der Waals surface area contributed by atoms with Gasteiger partial charge in [0.15, 0.2) is 5.82 Å². The summed E-state index contributed by atoms with van der Waals surface area (Å²) in [7, 11) is 1.76. The fraction of sp³-hybridized carbons (Fsp3) is 0.182. The van der Waals surface area contributed by atoms with E-state index in [4.69, 9.17) is 0 Å². The lowest BCUT2D eigenvalue weighted by atomic mass is 10.3. The highest BCUT2D eigenvalue weighted by atomic mass is 15.6. The van der Waals surface area contributed by atoms with Gasteiger partial charge in [0.1, 0.15) is 0 Å². The molecule has 0 atom stereocenters. The molecule has 7 heteroatoms. The molecule has 18 heavy (non-hydrogen) atoms. The van der Waals surface area contributed by atoms with Crippen LogP contribution in [0, 0.1) is 6.92 Å². The average Bonchev–Trinajstić information content (AvgIpc) is 2.76. The van der Waals surface area contributed by atoms with Gasteiger partial charge in [-0.05, 0) is 29.5 Å². The van der Waals surface area contributed by atoms with E-state index in [2.05, 4.69) is 30.8 Å². The Morgan fingerprint density at radius 1 is 1.11 bits per heavy atom. The van der Waals surface area contributed by atoms with Crippen molar-refractivity contribution in [3.8, 4) is 0 Å². The summed E-state index contributed by atoms with van der Waals surface area (Å²) >= 11 is 0. The first-order valence-corrected chi connectivity index (χ1v) is 5.47. The van der Waals surface area contributed by atoms with Crippen molar-refractivity contribution in [2.24, 2.45) is 7.05 Å². The number of aromatic nitrogens is 6. The first kappa shape index (κ1) is 10.6. The van der Waals surface area contributed by atoms with Crippen molar-refractivity contribution in [3.63, 3.8) is 0 Å². The molecular formula is C11H11N7. The van der Waals surface area contributed by atoms with Gasteiger partial charge in [0.25, 0.3) is 0 Å². The number of nitrogens with zero attached hydrogens (tertiary/aromatic N) is 6. The summed E-state index contributed by atoms with van der Waals surface area (Å²) in [5, 5.41) is 14.2. The van der Waals surface area contributed by atoms with Gasteiger partial charge < -0.3 is 5.32 Å². The molecule has 1 N–H and O–H groups in total. The van der Waals surface area contributed by atoms with E-state index in [1.807, 2.05) is 31.2 Å². The maximum Gasteiger partial charge on any atom is 0.248 e. The summed E-state index contributed by atoms with van der Waals surface area (Å²) in [6, 6.07) is 7.72. The largest absolute Gasteiger partial charge is 0.306 e. The second-order valence-corrected chi connectivity index (χ2v) is 3.90. The predicted octanol–water partition coefficient (Wildman–Crippen LogP) is 1.21. The van der Waals surface area contributed by atoms with Gasteiger partial charge in [-0.3, -0.25) is 0 Å². The Bertz CT molecular complexity index is 703. The topological polar surface area (TPSA) is 81.4 Å². The second-order valence-electron chi connectivity index (χ2n) is 3.90. The summed E-state index contributed by atoms with van der Waals surface area (Å²) in [6.45, 7) is 1.89. The molecule has 3 rings (SSSR count). The molecule has 0 radical (unpaired) electrons. The van der Waals surface area contributed by atoms with Crippen molar-refractivity contribution >= 4 is 22.8 Å². The molecule has 1 aromatic carbocycles. The zero-order chi connectivity index (χ0) is 12.5. The zero-order valence-electron chi connectivity index (χ0n) is 9.99. The van der Waals surface area contributed by atoms with Crippen molar-refractivity contribution in [3.05, 3.63) is 30.0 Å². The average molecular weight is 241 g/mol. The summed E-state index contributed by atoms with van der Waals surface area (Å²) in [5.41, 5.74) is 2.51. The molecule has 0 fully saturated rings. The van der Waals surface area contributed by atoms with E-state index < -0.39 is 0 Å². The molecule has 0 saturated heterocycles. The molecule has 7 nitrogen and oxygen atoms in total. The normalized spacial score (nSPS) is 10.8. The quantitative estimate of drug-likeness (QED) is 0.726. The monoisotopic (exact) mass is 241 g/mol. The third kappa shape index (κ3) is 1.75. The molecule has 90 valence electrons. The summed E-state index contributed by atoms with van der Waals surface area (Å²) in [5.74, 6) is 1.19. The van der Waals surface area contributed by atoms with E-state index in [-0.39, 0.29) is 0 Å². The summed E-state index contributed by atoms with van der Waals surface area (Å²) in [6.07, 6.45) is 0. The fourth-order valence-electron chi connectivity index (χ4n) is 1.65. The van der Waals surface area contributed by atoms with Gasteiger partial charge in [-0.15, -0.1) is 0 Å². The van der Waals surface area contributed by atoms with Crippen LogP contribution in [0.3, 0.4) is 0 Å². The van der Waals surface area contributed by atoms with Gasteiger partial charge in [-0.25, -0.2) is 14.6 Å². The van der Waals surface area contributed by atoms with Crippen LogP contribution in [-0.4, -0.2) is 30.2 Å². The molecule has 0 aliphatic rings. The number of fused-ring (bicyclic) bond motifs is 1. The molecule has 0 bridgehead atoms. The van der Waals surface area contributed by atoms with Crippen LogP contribution in [0.2, 0.25) is 0 Å². The van der Waals surface area contributed by atoms with Gasteiger partial charge in [-0.2, -0.15) is 0 Å². The Labute approximate surface area is 103 Å². The maximum absolute atomic E-state index is 4.51. The SMILES string of the molecule is Cc1nc2ccccc2nc1Nc1nnnn1C. The smallest absolute Gasteiger partial charge is 0.248 e. The van der Waals surface area contributed by atoms with Crippen LogP contribution in [0.15, 0.2) is 24.3 Å². The molecule has 0 amide bonds. The van der Waals surface area contributed by atoms with Crippen molar-refractivity contribution in [1.82, 2.24) is 30.2 Å². The maximum atomic E-state index is 4.51. The molecule has 0 saturated carbocycles. The summed E-state index contributed by atoms with van der Waals surface area (Å²) in [4.78, 5) is 8.99. The number of nitrogens with one attached hydrogen (secondary N) is 1. The van der Waals surface area contributed by atoms with Gasteiger partial charge in [0.05, 0.1) is 16.7 Å². The second kappa shape index (κ2) is 4.02. The minimum Gasteiger partial charge on any atom is -0.306 e. The van der Waals surface area contributed by atoms with E-state index in [0.29, 0.717) is 11.8 Å². The van der Waals surface area contributed by atoms with E-state index in [9.17, 15) is 0 Å². The van der Waals surface area contributed by atoms with Crippen LogP contribution in [0.1, 0.15) is 5.69 Å². The van der Waals surface area contributed by atoms with Crippen LogP contribution in [0.25, 0.3) is 11.0 Å². The molecule has 0 aliphatic heterocycles. The third-order valence-electron chi connectivity index (χ3n) is 2.60. The Balaban J connectivity index is 2.06. The van der Waals surface area contributed by atoms with Crippen molar-refractivity contribution < 1.29 is 0 Å². The fourth-order valence-corrected chi connectivity index (χ4v) is 1.65. The van der Waals surface area contributed by atoms with Gasteiger partial charge in [-0.1, -0.05) is 17.2 Å². The molecular weight excluding hydrogens is 230 g/mol. The molecule has 0 spiro atoms. The summed E-state index contributed by atoms with van der Waals surface area (Å²) < 4.78 is 1.54. The van der Waals surface area contributed by atoms with Crippen LogP contribution < -0.4 is 5.32 Å². The van der Waals surface area contributed by atoms with Crippen LogP contribution in [-0.2, 0) is 7.05 Å². The number of anilines is 2. The lowest BCUT2D eigenvalue weighted by Crippen LogP contribution is -2.04. The molecule has 2 heterocycles. The van der Waals surface area contributed by atoms with Crippen molar-refractivity contribution in [1.29, 1.82) is 0 Å². The van der Waals surface area contributed by atoms with Gasteiger partial charge in [0, 0.05) is 7.05 Å². The molecule has 3 aromatic rings. The van der Waals surface area contributed by atoms with Gasteiger partial charge >= 0.3 is 0 Å².